The van der Waals surface area contributed by atoms with Gasteiger partial charge in [-0.15, -0.1) is 0 Å². The first-order valence-electron chi connectivity index (χ1n) is 8.75. The van der Waals surface area contributed by atoms with Crippen LogP contribution in [0.3, 0.4) is 0 Å². The summed E-state index contributed by atoms with van der Waals surface area (Å²) in [6.07, 6.45) is 3.73. The SMILES string of the molecule is CCCNC(C)C(C)(C)CN(CC(C)C)C(CC)CC. The van der Waals surface area contributed by atoms with E-state index < -0.39 is 0 Å². The molecule has 0 aliphatic heterocycles. The maximum Gasteiger partial charge on any atom is 0.0102 e. The van der Waals surface area contributed by atoms with Crippen LogP contribution in [0.1, 0.15) is 74.7 Å². The Balaban J connectivity index is 4.75. The largest absolute Gasteiger partial charge is 0.314 e. The van der Waals surface area contributed by atoms with Crippen LogP contribution in [0.4, 0.5) is 0 Å². The molecule has 0 aromatic carbocycles. The van der Waals surface area contributed by atoms with E-state index in [4.69, 9.17) is 0 Å². The van der Waals surface area contributed by atoms with Gasteiger partial charge in [-0.3, -0.25) is 4.90 Å². The highest BCUT2D eigenvalue weighted by Crippen LogP contribution is 2.25. The summed E-state index contributed by atoms with van der Waals surface area (Å²) in [5.74, 6) is 0.741. The van der Waals surface area contributed by atoms with E-state index in [9.17, 15) is 0 Å². The lowest BCUT2D eigenvalue weighted by atomic mass is 9.83. The second-order valence-electron chi connectivity index (χ2n) is 7.46. The van der Waals surface area contributed by atoms with Gasteiger partial charge in [-0.2, -0.15) is 0 Å². The topological polar surface area (TPSA) is 15.3 Å². The maximum absolute atomic E-state index is 3.68. The number of rotatable bonds is 11. The van der Waals surface area contributed by atoms with Gasteiger partial charge >= 0.3 is 0 Å². The molecule has 0 fully saturated rings. The summed E-state index contributed by atoms with van der Waals surface area (Å²) < 4.78 is 0. The molecule has 2 nitrogen and oxygen atoms in total. The molecule has 0 radical (unpaired) electrons. The zero-order valence-corrected chi connectivity index (χ0v) is 15.4. The molecule has 0 heterocycles. The molecule has 0 aromatic heterocycles. The second kappa shape index (κ2) is 9.78. The van der Waals surface area contributed by atoms with Crippen LogP contribution in [-0.4, -0.2) is 36.6 Å². The minimum atomic E-state index is 0.312. The second-order valence-corrected chi connectivity index (χ2v) is 7.46. The molecule has 0 amide bonds. The Labute approximate surface area is 128 Å². The highest BCUT2D eigenvalue weighted by atomic mass is 15.2. The molecule has 0 aromatic rings. The minimum Gasteiger partial charge on any atom is -0.314 e. The average molecular weight is 285 g/mol. The summed E-state index contributed by atoms with van der Waals surface area (Å²) in [4.78, 5) is 2.73. The highest BCUT2D eigenvalue weighted by molar-refractivity contribution is 4.86. The summed E-state index contributed by atoms with van der Waals surface area (Å²) >= 11 is 0. The van der Waals surface area contributed by atoms with Crippen molar-refractivity contribution in [3.8, 4) is 0 Å². The standard InChI is InChI=1S/C18H40N2/c1-9-12-19-16(6)18(7,8)14-20(13-15(4)5)17(10-2)11-3/h15-17,19H,9-14H2,1-8H3. The molecule has 122 valence electrons. The minimum absolute atomic E-state index is 0.312. The van der Waals surface area contributed by atoms with Gasteiger partial charge < -0.3 is 5.32 Å². The zero-order valence-electron chi connectivity index (χ0n) is 15.4. The van der Waals surface area contributed by atoms with Crippen molar-refractivity contribution in [2.24, 2.45) is 11.3 Å². The Morgan fingerprint density at radius 3 is 1.95 bits per heavy atom. The van der Waals surface area contributed by atoms with Crippen LogP contribution in [0, 0.1) is 11.3 Å². The van der Waals surface area contributed by atoms with E-state index in [1.54, 1.807) is 0 Å². The van der Waals surface area contributed by atoms with E-state index in [2.05, 4.69) is 65.6 Å². The molecular weight excluding hydrogens is 244 g/mol. The van der Waals surface area contributed by atoms with E-state index in [0.29, 0.717) is 11.5 Å². The van der Waals surface area contributed by atoms with Crippen molar-refractivity contribution in [2.45, 2.75) is 86.7 Å². The van der Waals surface area contributed by atoms with E-state index in [1.165, 1.54) is 32.4 Å². The lowest BCUT2D eigenvalue weighted by Crippen LogP contribution is -2.50. The highest BCUT2D eigenvalue weighted by Gasteiger charge is 2.30. The smallest absolute Gasteiger partial charge is 0.0102 e. The Hall–Kier alpha value is -0.0800. The molecule has 1 N–H and O–H groups in total. The Bertz CT molecular complexity index is 232. The molecule has 0 saturated heterocycles. The van der Waals surface area contributed by atoms with Crippen LogP contribution >= 0.6 is 0 Å². The van der Waals surface area contributed by atoms with Crippen molar-refractivity contribution in [2.75, 3.05) is 19.6 Å². The third kappa shape index (κ3) is 7.08. The van der Waals surface area contributed by atoms with Gasteiger partial charge in [-0.1, -0.05) is 48.5 Å². The van der Waals surface area contributed by atoms with Crippen LogP contribution in [-0.2, 0) is 0 Å². The molecule has 1 unspecified atom stereocenters. The average Bonchev–Trinajstić information content (AvgIpc) is 2.35. The van der Waals surface area contributed by atoms with Gasteiger partial charge in [-0.05, 0) is 44.1 Å². The van der Waals surface area contributed by atoms with Crippen molar-refractivity contribution in [1.29, 1.82) is 0 Å². The normalized spacial score (nSPS) is 14.6. The molecular formula is C18H40N2. The fourth-order valence-corrected chi connectivity index (χ4v) is 2.91. The monoisotopic (exact) mass is 284 g/mol. The van der Waals surface area contributed by atoms with Crippen LogP contribution < -0.4 is 5.32 Å². The first-order valence-corrected chi connectivity index (χ1v) is 8.75. The van der Waals surface area contributed by atoms with Crippen molar-refractivity contribution in [1.82, 2.24) is 10.2 Å². The summed E-state index contributed by atoms with van der Waals surface area (Å²) in [7, 11) is 0. The third-order valence-corrected chi connectivity index (χ3v) is 4.54. The van der Waals surface area contributed by atoms with Crippen molar-refractivity contribution < 1.29 is 0 Å². The number of hydrogen-bond donors (Lipinski definition) is 1. The molecule has 20 heavy (non-hydrogen) atoms. The van der Waals surface area contributed by atoms with Crippen LogP contribution in [0.15, 0.2) is 0 Å². The fraction of sp³-hybridized carbons (Fsp3) is 1.00. The fourth-order valence-electron chi connectivity index (χ4n) is 2.91. The van der Waals surface area contributed by atoms with E-state index in [1.807, 2.05) is 0 Å². The van der Waals surface area contributed by atoms with Gasteiger partial charge in [0, 0.05) is 25.2 Å². The molecule has 0 aliphatic rings. The van der Waals surface area contributed by atoms with Crippen molar-refractivity contribution >= 4 is 0 Å². The van der Waals surface area contributed by atoms with E-state index in [0.717, 1.165) is 18.5 Å². The first kappa shape index (κ1) is 19.9. The number of hydrogen-bond acceptors (Lipinski definition) is 2. The maximum atomic E-state index is 3.68. The van der Waals surface area contributed by atoms with Crippen LogP contribution in [0.25, 0.3) is 0 Å². The van der Waals surface area contributed by atoms with Crippen LogP contribution in [0.2, 0.25) is 0 Å². The summed E-state index contributed by atoms with van der Waals surface area (Å²) in [5.41, 5.74) is 0.312. The first-order chi connectivity index (χ1) is 9.28. The molecule has 0 bridgehead atoms. The van der Waals surface area contributed by atoms with Crippen molar-refractivity contribution in [3.63, 3.8) is 0 Å². The lowest BCUT2D eigenvalue weighted by molar-refractivity contribution is 0.0890. The van der Waals surface area contributed by atoms with Crippen LogP contribution in [0.5, 0.6) is 0 Å². The molecule has 0 spiro atoms. The van der Waals surface area contributed by atoms with Crippen molar-refractivity contribution in [3.05, 3.63) is 0 Å². The van der Waals surface area contributed by atoms with E-state index in [-0.39, 0.29) is 0 Å². The predicted octanol–water partition coefficient (Wildman–Crippen LogP) is 4.55. The summed E-state index contributed by atoms with van der Waals surface area (Å²) in [6, 6.07) is 1.29. The Morgan fingerprint density at radius 2 is 1.55 bits per heavy atom. The van der Waals surface area contributed by atoms with E-state index >= 15 is 0 Å². The van der Waals surface area contributed by atoms with Gasteiger partial charge in [0.15, 0.2) is 0 Å². The van der Waals surface area contributed by atoms with Gasteiger partial charge in [-0.25, -0.2) is 0 Å². The van der Waals surface area contributed by atoms with Gasteiger partial charge in [0.05, 0.1) is 0 Å². The number of nitrogens with zero attached hydrogens (tertiary/aromatic N) is 1. The van der Waals surface area contributed by atoms with Gasteiger partial charge in [0.2, 0.25) is 0 Å². The third-order valence-electron chi connectivity index (χ3n) is 4.54. The molecule has 0 saturated carbocycles. The Kier molecular flexibility index (Phi) is 9.74. The summed E-state index contributed by atoms with van der Waals surface area (Å²) in [5, 5.41) is 3.68. The van der Waals surface area contributed by atoms with Gasteiger partial charge in [0.1, 0.15) is 0 Å². The Morgan fingerprint density at radius 1 is 1.00 bits per heavy atom. The quantitative estimate of drug-likeness (QED) is 0.599. The molecule has 0 aliphatic carbocycles. The molecule has 1 atom stereocenters. The molecule has 2 heteroatoms. The van der Waals surface area contributed by atoms with Gasteiger partial charge in [0.25, 0.3) is 0 Å². The lowest BCUT2D eigenvalue weighted by Gasteiger charge is -2.41. The molecule has 0 rings (SSSR count). The summed E-state index contributed by atoms with van der Waals surface area (Å²) in [6.45, 7) is 22.3. The number of nitrogens with one attached hydrogen (secondary N) is 1. The zero-order chi connectivity index (χ0) is 15.8. The predicted molar refractivity (Wildman–Crippen MR) is 92.3 cm³/mol.